The van der Waals surface area contributed by atoms with Crippen molar-refractivity contribution < 1.29 is 22.2 Å². The molecule has 1 heterocycles. The Bertz CT molecular complexity index is 948. The van der Waals surface area contributed by atoms with Crippen LogP contribution < -0.4 is 0 Å². The quantitative estimate of drug-likeness (QED) is 0.122. The Morgan fingerprint density at radius 1 is 0.786 bits per heavy atom. The van der Waals surface area contributed by atoms with Crippen LogP contribution >= 0.6 is 11.8 Å². The van der Waals surface area contributed by atoms with Gasteiger partial charge in [-0.2, -0.15) is 0 Å². The molecule has 144 valence electrons. The lowest BCUT2D eigenvalue weighted by atomic mass is 10.3. The van der Waals surface area contributed by atoms with Crippen molar-refractivity contribution in [2.45, 2.75) is 24.5 Å². The lowest BCUT2D eigenvalue weighted by Gasteiger charge is -2.18. The van der Waals surface area contributed by atoms with Gasteiger partial charge in [0.1, 0.15) is 10.9 Å². The summed E-state index contributed by atoms with van der Waals surface area (Å²) < 4.78 is 39.0. The van der Waals surface area contributed by atoms with E-state index in [1.807, 2.05) is 12.1 Å². The van der Waals surface area contributed by atoms with Gasteiger partial charge in [0.15, 0.2) is 14.7 Å². The summed E-state index contributed by atoms with van der Waals surface area (Å²) in [5.41, 5.74) is 0.130. The molecule has 0 spiro atoms. The maximum atomic E-state index is 10.9. The summed E-state index contributed by atoms with van der Waals surface area (Å²) >= 11 is 1.79. The van der Waals surface area contributed by atoms with Gasteiger partial charge >= 0.3 is 7.25 Å². The highest BCUT2D eigenvalue weighted by molar-refractivity contribution is 8.04. The molecule has 1 aliphatic heterocycles. The van der Waals surface area contributed by atoms with Crippen LogP contribution in [0.25, 0.3) is 0 Å². The van der Waals surface area contributed by atoms with Crippen molar-refractivity contribution in [1.82, 2.24) is 0 Å². The maximum Gasteiger partial charge on any atom is 0.673 e. The van der Waals surface area contributed by atoms with E-state index >= 15 is 0 Å². The lowest BCUT2D eigenvalue weighted by Crippen LogP contribution is -2.10. The smallest absolute Gasteiger partial charge is 0.418 e. The van der Waals surface area contributed by atoms with Gasteiger partial charge in [-0.05, 0) is 24.3 Å². The third-order valence-electron chi connectivity index (χ3n) is 3.64. The third-order valence-corrected chi connectivity index (χ3v) is 7.39. The Kier molecular flexibility index (Phi) is 6.00. The molecule has 0 saturated heterocycles. The Labute approximate surface area is 165 Å². The molecule has 28 heavy (non-hydrogen) atoms. The second kappa shape index (κ2) is 8.28. The van der Waals surface area contributed by atoms with Crippen molar-refractivity contribution in [3.8, 4) is 0 Å². The summed E-state index contributed by atoms with van der Waals surface area (Å²) in [6.45, 7) is 0. The number of rotatable bonds is 2. The van der Waals surface area contributed by atoms with E-state index in [9.17, 15) is 27.4 Å². The van der Waals surface area contributed by atoms with Gasteiger partial charge in [-0.15, -0.1) is 0 Å². The standard InChI is InChI=1S/C18H12NO2S2.BF4/c20-19(21)13-9-11-14(12-10-13)23-17-7-3-1-5-15(17)22-16-6-2-4-8-18(16)23;2-1(3,4)5/h1-12H;/q+1;-1. The van der Waals surface area contributed by atoms with Crippen molar-refractivity contribution in [2.75, 3.05) is 0 Å². The molecule has 0 aromatic heterocycles. The Morgan fingerprint density at radius 2 is 1.21 bits per heavy atom. The molecule has 0 fully saturated rings. The fourth-order valence-electron chi connectivity index (χ4n) is 2.60. The molecule has 3 aromatic rings. The van der Waals surface area contributed by atoms with Crippen LogP contribution in [0.2, 0.25) is 0 Å². The van der Waals surface area contributed by atoms with E-state index in [1.165, 1.54) is 19.6 Å². The molecule has 0 aliphatic carbocycles. The van der Waals surface area contributed by atoms with Crippen LogP contribution in [0.5, 0.6) is 0 Å². The Morgan fingerprint density at radius 3 is 1.64 bits per heavy atom. The normalized spacial score (nSPS) is 13.0. The van der Waals surface area contributed by atoms with Crippen LogP contribution in [0.15, 0.2) is 97.3 Å². The van der Waals surface area contributed by atoms with Crippen LogP contribution in [0, 0.1) is 10.1 Å². The molecule has 0 atom stereocenters. The van der Waals surface area contributed by atoms with Crippen molar-refractivity contribution in [2.24, 2.45) is 0 Å². The minimum absolute atomic E-state index is 0.130. The zero-order valence-electron chi connectivity index (χ0n) is 14.1. The fraction of sp³-hybridized carbons (Fsp3) is 0. The molecular weight excluding hydrogens is 413 g/mol. The summed E-state index contributed by atoms with van der Waals surface area (Å²) in [5.74, 6) is 0. The van der Waals surface area contributed by atoms with Crippen molar-refractivity contribution in [3.63, 3.8) is 0 Å². The number of halogens is 4. The highest BCUT2D eigenvalue weighted by atomic mass is 32.2. The summed E-state index contributed by atoms with van der Waals surface area (Å²) in [7, 11) is -6.22. The van der Waals surface area contributed by atoms with E-state index in [0.29, 0.717) is 0 Å². The van der Waals surface area contributed by atoms with Gasteiger partial charge in [0.2, 0.25) is 0 Å². The number of hydrogen-bond acceptors (Lipinski definition) is 3. The first-order chi connectivity index (χ1) is 13.2. The minimum Gasteiger partial charge on any atom is -0.418 e. The number of nitro groups is 1. The maximum absolute atomic E-state index is 10.9. The van der Waals surface area contributed by atoms with Crippen molar-refractivity contribution in [3.05, 3.63) is 82.9 Å². The first kappa shape index (κ1) is 20.3. The van der Waals surface area contributed by atoms with E-state index in [0.717, 1.165) is 4.90 Å². The molecule has 3 nitrogen and oxygen atoms in total. The summed E-state index contributed by atoms with van der Waals surface area (Å²) in [5, 5.41) is 10.9. The number of benzene rings is 3. The van der Waals surface area contributed by atoms with Gasteiger partial charge in [-0.25, -0.2) is 0 Å². The van der Waals surface area contributed by atoms with E-state index < -0.39 is 7.25 Å². The highest BCUT2D eigenvalue weighted by Gasteiger charge is 2.37. The predicted octanol–water partition coefficient (Wildman–Crippen LogP) is 6.45. The van der Waals surface area contributed by atoms with Crippen LogP contribution in [-0.4, -0.2) is 12.2 Å². The van der Waals surface area contributed by atoms with E-state index in [1.54, 1.807) is 23.9 Å². The zero-order chi connectivity index (χ0) is 20.3. The summed E-state index contributed by atoms with van der Waals surface area (Å²) in [6, 6.07) is 23.8. The molecule has 1 aliphatic rings. The number of nitro benzene ring substituents is 1. The van der Waals surface area contributed by atoms with Crippen LogP contribution in [0.3, 0.4) is 0 Å². The molecule has 0 amide bonds. The van der Waals surface area contributed by atoms with Crippen molar-refractivity contribution >= 4 is 35.6 Å². The molecule has 0 saturated carbocycles. The summed E-state index contributed by atoms with van der Waals surface area (Å²) in [6.07, 6.45) is 0. The zero-order valence-corrected chi connectivity index (χ0v) is 15.7. The Balaban J connectivity index is 0.000000403. The van der Waals surface area contributed by atoms with Crippen LogP contribution in [-0.2, 0) is 10.9 Å². The second-order valence-electron chi connectivity index (χ2n) is 5.55. The number of fused-ring (bicyclic) bond motifs is 2. The largest absolute Gasteiger partial charge is 0.673 e. The van der Waals surface area contributed by atoms with Gasteiger partial charge in [0.25, 0.3) is 5.69 Å². The fourth-order valence-corrected chi connectivity index (χ4v) is 6.34. The van der Waals surface area contributed by atoms with Crippen molar-refractivity contribution in [1.29, 1.82) is 0 Å². The molecule has 0 N–H and O–H groups in total. The predicted molar refractivity (Wildman–Crippen MR) is 102 cm³/mol. The molecular formula is C18H12BF4NO2S2. The molecule has 0 unspecified atom stereocenters. The third kappa shape index (κ3) is 4.88. The van der Waals surface area contributed by atoms with Gasteiger partial charge in [0, 0.05) is 24.3 Å². The average molecular weight is 425 g/mol. The topological polar surface area (TPSA) is 43.1 Å². The molecule has 0 bridgehead atoms. The lowest BCUT2D eigenvalue weighted by molar-refractivity contribution is -0.384. The molecule has 0 radical (unpaired) electrons. The highest BCUT2D eigenvalue weighted by Crippen LogP contribution is 2.48. The SMILES string of the molecule is F[B-](F)(F)F.O=[N+]([O-])c1ccc([S+]2c3ccccc3Sc3ccccc32)cc1. The van der Waals surface area contributed by atoms with E-state index in [4.69, 9.17) is 0 Å². The number of hydrogen-bond donors (Lipinski definition) is 0. The van der Waals surface area contributed by atoms with E-state index in [2.05, 4.69) is 48.5 Å². The molecule has 4 rings (SSSR count). The summed E-state index contributed by atoms with van der Waals surface area (Å²) in [4.78, 5) is 16.7. The number of non-ortho nitro benzene ring substituents is 1. The molecule has 10 heteroatoms. The number of nitrogens with zero attached hydrogens (tertiary/aromatic N) is 1. The Hall–Kier alpha value is -2.46. The van der Waals surface area contributed by atoms with Gasteiger partial charge in [0.05, 0.1) is 14.7 Å². The van der Waals surface area contributed by atoms with Crippen LogP contribution in [0.4, 0.5) is 23.0 Å². The molecule has 3 aromatic carbocycles. The van der Waals surface area contributed by atoms with Crippen LogP contribution in [0.1, 0.15) is 0 Å². The second-order valence-corrected chi connectivity index (χ2v) is 8.59. The van der Waals surface area contributed by atoms with Gasteiger partial charge in [-0.3, -0.25) is 10.1 Å². The minimum atomic E-state index is -6.00. The monoisotopic (exact) mass is 425 g/mol. The van der Waals surface area contributed by atoms with Gasteiger partial charge < -0.3 is 17.3 Å². The van der Waals surface area contributed by atoms with E-state index in [-0.39, 0.29) is 21.5 Å². The average Bonchev–Trinajstić information content (AvgIpc) is 2.65. The first-order valence-corrected chi connectivity index (χ1v) is 10.00. The first-order valence-electron chi connectivity index (χ1n) is 7.96. The van der Waals surface area contributed by atoms with Gasteiger partial charge in [-0.1, -0.05) is 36.0 Å².